The van der Waals surface area contributed by atoms with E-state index < -0.39 is 11.6 Å². The van der Waals surface area contributed by atoms with E-state index in [4.69, 9.17) is 0 Å². The van der Waals surface area contributed by atoms with Crippen molar-refractivity contribution in [3.8, 4) is 0 Å². The predicted molar refractivity (Wildman–Crippen MR) is 63.2 cm³/mol. The molecule has 0 aromatic carbocycles. The normalized spacial score (nSPS) is 13.5. The summed E-state index contributed by atoms with van der Waals surface area (Å²) in [6, 6.07) is 4.91. The number of hydrogen-bond donors (Lipinski definition) is 3. The van der Waals surface area contributed by atoms with Crippen LogP contribution in [0.15, 0.2) is 24.4 Å². The van der Waals surface area contributed by atoms with Gasteiger partial charge in [0.1, 0.15) is 0 Å². The number of likely N-dealkylation sites (N-methyl/N-ethyl adjacent to an activating group) is 1. The molecule has 0 bridgehead atoms. The van der Waals surface area contributed by atoms with Gasteiger partial charge in [-0.05, 0) is 26.1 Å². The Hall–Kier alpha value is -1.95. The van der Waals surface area contributed by atoms with Crippen molar-refractivity contribution in [3.05, 3.63) is 30.1 Å². The van der Waals surface area contributed by atoms with Gasteiger partial charge >= 0.3 is 6.03 Å². The molecule has 0 saturated carbocycles. The molecule has 1 unspecified atom stereocenters. The summed E-state index contributed by atoms with van der Waals surface area (Å²) in [6.45, 7) is 2.33. The highest BCUT2D eigenvalue weighted by Gasteiger charge is 2.29. The maximum absolute atomic E-state index is 11.4. The molecule has 1 aromatic heterocycles. The molecule has 0 saturated heterocycles. The molecule has 0 fully saturated rings. The van der Waals surface area contributed by atoms with E-state index in [1.807, 2.05) is 24.4 Å². The van der Waals surface area contributed by atoms with Crippen LogP contribution >= 0.6 is 0 Å². The summed E-state index contributed by atoms with van der Waals surface area (Å²) in [7, 11) is 1.78. The van der Waals surface area contributed by atoms with Gasteiger partial charge in [-0.15, -0.1) is 0 Å². The zero-order valence-electron chi connectivity index (χ0n) is 9.86. The van der Waals surface area contributed by atoms with Crippen LogP contribution in [0.2, 0.25) is 0 Å². The van der Waals surface area contributed by atoms with Gasteiger partial charge in [-0.25, -0.2) is 4.79 Å². The van der Waals surface area contributed by atoms with Crippen molar-refractivity contribution in [3.63, 3.8) is 0 Å². The zero-order chi connectivity index (χ0) is 12.7. The van der Waals surface area contributed by atoms with Crippen molar-refractivity contribution in [2.75, 3.05) is 13.6 Å². The molecule has 1 aromatic rings. The zero-order valence-corrected chi connectivity index (χ0v) is 9.86. The van der Waals surface area contributed by atoms with Crippen LogP contribution in [0, 0.1) is 0 Å². The van der Waals surface area contributed by atoms with Gasteiger partial charge in [0.2, 0.25) is 6.41 Å². The second-order valence-electron chi connectivity index (χ2n) is 3.79. The average Bonchev–Trinajstić information content (AvgIpc) is 2.30. The highest BCUT2D eigenvalue weighted by Crippen LogP contribution is 2.16. The van der Waals surface area contributed by atoms with Crippen LogP contribution in [-0.4, -0.2) is 31.0 Å². The SMILES string of the molecule is CNCC(C)(NC(=O)NC=O)c1ccccn1. The van der Waals surface area contributed by atoms with Gasteiger partial charge in [-0.3, -0.25) is 15.1 Å². The van der Waals surface area contributed by atoms with E-state index in [0.717, 1.165) is 5.69 Å². The monoisotopic (exact) mass is 236 g/mol. The minimum Gasteiger partial charge on any atom is -0.326 e. The van der Waals surface area contributed by atoms with Gasteiger partial charge in [-0.2, -0.15) is 0 Å². The number of aromatic nitrogens is 1. The Kier molecular flexibility index (Phi) is 4.59. The highest BCUT2D eigenvalue weighted by atomic mass is 16.2. The first-order valence-electron chi connectivity index (χ1n) is 5.21. The maximum Gasteiger partial charge on any atom is 0.322 e. The molecule has 0 aliphatic heterocycles. The molecule has 1 atom stereocenters. The Morgan fingerprint density at radius 1 is 1.53 bits per heavy atom. The summed E-state index contributed by atoms with van der Waals surface area (Å²) >= 11 is 0. The van der Waals surface area contributed by atoms with Gasteiger partial charge in [0.05, 0.1) is 11.2 Å². The predicted octanol–water partition coefficient (Wildman–Crippen LogP) is -0.0282. The molecule has 1 rings (SSSR count). The summed E-state index contributed by atoms with van der Waals surface area (Å²) < 4.78 is 0. The maximum atomic E-state index is 11.4. The lowest BCUT2D eigenvalue weighted by Gasteiger charge is -2.29. The summed E-state index contributed by atoms with van der Waals surface area (Å²) in [5.74, 6) is 0. The fourth-order valence-corrected chi connectivity index (χ4v) is 1.58. The fourth-order valence-electron chi connectivity index (χ4n) is 1.58. The number of rotatable bonds is 5. The van der Waals surface area contributed by atoms with E-state index in [9.17, 15) is 9.59 Å². The molecule has 1 heterocycles. The van der Waals surface area contributed by atoms with E-state index in [-0.39, 0.29) is 0 Å². The lowest BCUT2D eigenvalue weighted by atomic mass is 9.97. The van der Waals surface area contributed by atoms with Crippen molar-refractivity contribution in [1.29, 1.82) is 0 Å². The minimum absolute atomic E-state index is 0.341. The van der Waals surface area contributed by atoms with Crippen LogP contribution in [-0.2, 0) is 10.3 Å². The minimum atomic E-state index is -0.677. The van der Waals surface area contributed by atoms with Crippen LogP contribution in [0.3, 0.4) is 0 Å². The molecular formula is C11H16N4O2. The van der Waals surface area contributed by atoms with E-state index in [2.05, 4.69) is 15.6 Å². The quantitative estimate of drug-likeness (QED) is 0.627. The molecule has 3 N–H and O–H groups in total. The second kappa shape index (κ2) is 5.95. The smallest absolute Gasteiger partial charge is 0.322 e. The molecule has 17 heavy (non-hydrogen) atoms. The summed E-state index contributed by atoms with van der Waals surface area (Å²) in [4.78, 5) is 25.8. The van der Waals surface area contributed by atoms with E-state index in [1.54, 1.807) is 19.3 Å². The Balaban J connectivity index is 2.89. The fraction of sp³-hybridized carbons (Fsp3) is 0.364. The molecule has 6 heteroatoms. The first-order valence-corrected chi connectivity index (χ1v) is 5.21. The Morgan fingerprint density at radius 3 is 2.82 bits per heavy atom. The van der Waals surface area contributed by atoms with Gasteiger partial charge in [-0.1, -0.05) is 6.07 Å². The second-order valence-corrected chi connectivity index (χ2v) is 3.79. The van der Waals surface area contributed by atoms with E-state index >= 15 is 0 Å². The number of nitrogens with zero attached hydrogens (tertiary/aromatic N) is 1. The third kappa shape index (κ3) is 3.53. The molecule has 0 aliphatic carbocycles. The van der Waals surface area contributed by atoms with Crippen molar-refractivity contribution >= 4 is 12.4 Å². The molecular weight excluding hydrogens is 220 g/mol. The number of carbonyl (C=O) groups excluding carboxylic acids is 2. The Labute approximate surface area is 99.8 Å². The van der Waals surface area contributed by atoms with Gasteiger partial charge in [0, 0.05) is 12.7 Å². The van der Waals surface area contributed by atoms with E-state index in [1.165, 1.54) is 0 Å². The third-order valence-corrected chi connectivity index (χ3v) is 2.34. The lowest BCUT2D eigenvalue weighted by molar-refractivity contribution is -0.108. The van der Waals surface area contributed by atoms with E-state index in [0.29, 0.717) is 13.0 Å². The summed E-state index contributed by atoms with van der Waals surface area (Å²) in [6.07, 6.45) is 2.00. The van der Waals surface area contributed by atoms with Crippen LogP contribution in [0.25, 0.3) is 0 Å². The first-order chi connectivity index (χ1) is 8.12. The van der Waals surface area contributed by atoms with Crippen LogP contribution in [0.1, 0.15) is 12.6 Å². The first kappa shape index (κ1) is 13.1. The Bertz CT molecular complexity index is 382. The number of pyridine rings is 1. The average molecular weight is 236 g/mol. The van der Waals surface area contributed by atoms with Gasteiger partial charge < -0.3 is 10.6 Å². The molecule has 0 spiro atoms. The highest BCUT2D eigenvalue weighted by molar-refractivity contribution is 5.84. The van der Waals surface area contributed by atoms with Crippen molar-refractivity contribution in [1.82, 2.24) is 20.9 Å². The number of carbonyl (C=O) groups is 2. The number of urea groups is 1. The molecule has 0 radical (unpaired) electrons. The van der Waals surface area contributed by atoms with Crippen LogP contribution in [0.5, 0.6) is 0 Å². The van der Waals surface area contributed by atoms with Gasteiger partial charge in [0.25, 0.3) is 0 Å². The number of hydrogen-bond acceptors (Lipinski definition) is 4. The topological polar surface area (TPSA) is 83.1 Å². The van der Waals surface area contributed by atoms with Crippen LogP contribution < -0.4 is 16.0 Å². The van der Waals surface area contributed by atoms with Crippen molar-refractivity contribution in [2.24, 2.45) is 0 Å². The standard InChI is InChI=1S/C11H16N4O2/c1-11(7-12-2,15-10(17)14-8-16)9-5-3-4-6-13-9/h3-6,8,12H,7H2,1-2H3,(H2,14,15,16,17). The van der Waals surface area contributed by atoms with Crippen molar-refractivity contribution in [2.45, 2.75) is 12.5 Å². The van der Waals surface area contributed by atoms with Gasteiger partial charge in [0.15, 0.2) is 0 Å². The summed E-state index contributed by atoms with van der Waals surface area (Å²) in [5.41, 5.74) is 0.0405. The third-order valence-electron chi connectivity index (χ3n) is 2.34. The lowest BCUT2D eigenvalue weighted by Crippen LogP contribution is -2.53. The molecule has 6 nitrogen and oxygen atoms in total. The number of imide groups is 1. The van der Waals surface area contributed by atoms with Crippen LogP contribution in [0.4, 0.5) is 4.79 Å². The molecule has 0 aliphatic rings. The summed E-state index contributed by atoms with van der Waals surface area (Å²) in [5, 5.41) is 7.73. The molecule has 3 amide bonds. The largest absolute Gasteiger partial charge is 0.326 e. The number of amides is 3. The molecule has 92 valence electrons. The number of nitrogens with one attached hydrogen (secondary N) is 3. The van der Waals surface area contributed by atoms with Crippen molar-refractivity contribution < 1.29 is 9.59 Å². The Morgan fingerprint density at radius 2 is 2.29 bits per heavy atom.